The van der Waals surface area contributed by atoms with Crippen molar-refractivity contribution in [1.82, 2.24) is 19.9 Å². The molecule has 3 heterocycles. The Kier molecular flexibility index (Phi) is 7.18. The zero-order valence-electron chi connectivity index (χ0n) is 20.5. The fourth-order valence-corrected chi connectivity index (χ4v) is 5.46. The second kappa shape index (κ2) is 10.2. The summed E-state index contributed by atoms with van der Waals surface area (Å²) in [5.41, 5.74) is 2.67. The first-order chi connectivity index (χ1) is 17.0. The third kappa shape index (κ3) is 5.60. The van der Waals surface area contributed by atoms with Crippen molar-refractivity contribution in [2.75, 3.05) is 16.6 Å². The summed E-state index contributed by atoms with van der Waals surface area (Å²) in [7, 11) is -3.87. The number of rotatable bonds is 8. The van der Waals surface area contributed by atoms with E-state index in [-0.39, 0.29) is 22.7 Å². The second-order valence-corrected chi connectivity index (χ2v) is 11.4. The van der Waals surface area contributed by atoms with Gasteiger partial charge in [-0.2, -0.15) is 0 Å². The van der Waals surface area contributed by atoms with E-state index in [1.165, 1.54) is 29.8 Å². The van der Waals surface area contributed by atoms with Gasteiger partial charge in [0.05, 0.1) is 16.9 Å². The molecule has 0 spiro atoms. The number of aryl methyl sites for hydroxylation is 3. The predicted molar refractivity (Wildman–Crippen MR) is 139 cm³/mol. The number of carbonyl (C=O) groups is 1. The van der Waals surface area contributed by atoms with E-state index in [4.69, 9.17) is 4.74 Å². The maximum Gasteiger partial charge on any atom is 0.348 e. The third-order valence-corrected chi connectivity index (χ3v) is 7.62. The maximum absolute atomic E-state index is 12.8. The number of sulfonamides is 1. The molecule has 188 valence electrons. The molecule has 4 aromatic rings. The van der Waals surface area contributed by atoms with Gasteiger partial charge in [-0.25, -0.2) is 37.9 Å². The highest BCUT2D eigenvalue weighted by molar-refractivity contribution is 7.92. The van der Waals surface area contributed by atoms with Gasteiger partial charge in [0.15, 0.2) is 0 Å². The smallest absolute Gasteiger partial charge is 0.348 e. The summed E-state index contributed by atoms with van der Waals surface area (Å²) in [5.74, 6) is 0.379. The van der Waals surface area contributed by atoms with Gasteiger partial charge >= 0.3 is 5.97 Å². The standard InChI is InChI=1S/C24H26N6O4S2/c1-13(2)11-34-23(31)20-16(5)19-21(25-12-26-22(19)35-20)29-17-6-8-18(9-7-17)36(32,33)30-24-27-14(3)10-15(4)28-24/h6-10,12-13H,11H2,1-5H3,(H,25,26,29)(H,27,28,30). The Bertz CT molecular complexity index is 1510. The Morgan fingerprint density at radius 2 is 1.72 bits per heavy atom. The number of carbonyl (C=O) groups excluding carboxylic acids is 1. The number of esters is 1. The number of anilines is 3. The number of thiophene rings is 1. The van der Waals surface area contributed by atoms with E-state index in [1.54, 1.807) is 32.0 Å². The SMILES string of the molecule is Cc1cc(C)nc(NS(=O)(=O)c2ccc(Nc3ncnc4sc(C(=O)OCC(C)C)c(C)c34)cc2)n1. The number of hydrogen-bond acceptors (Lipinski definition) is 10. The Balaban J connectivity index is 1.56. The number of aromatic nitrogens is 4. The monoisotopic (exact) mass is 526 g/mol. The molecule has 0 aliphatic carbocycles. The minimum absolute atomic E-state index is 0.0220. The van der Waals surface area contributed by atoms with Crippen molar-refractivity contribution in [3.8, 4) is 0 Å². The van der Waals surface area contributed by atoms with Crippen LogP contribution in [0.3, 0.4) is 0 Å². The van der Waals surface area contributed by atoms with Crippen LogP contribution in [0.2, 0.25) is 0 Å². The first-order valence-corrected chi connectivity index (χ1v) is 13.5. The van der Waals surface area contributed by atoms with Gasteiger partial charge in [-0.1, -0.05) is 13.8 Å². The molecule has 0 saturated carbocycles. The van der Waals surface area contributed by atoms with E-state index < -0.39 is 10.0 Å². The van der Waals surface area contributed by atoms with Crippen LogP contribution < -0.4 is 10.0 Å². The van der Waals surface area contributed by atoms with Gasteiger partial charge in [0.25, 0.3) is 10.0 Å². The van der Waals surface area contributed by atoms with Gasteiger partial charge in [0, 0.05) is 17.1 Å². The molecule has 2 N–H and O–H groups in total. The highest BCUT2D eigenvalue weighted by atomic mass is 32.2. The molecule has 12 heteroatoms. The van der Waals surface area contributed by atoms with Crippen LogP contribution in [0.25, 0.3) is 10.2 Å². The molecule has 0 amide bonds. The predicted octanol–water partition coefficient (Wildman–Crippen LogP) is 4.76. The van der Waals surface area contributed by atoms with Crippen LogP contribution in [0.5, 0.6) is 0 Å². The van der Waals surface area contributed by atoms with Crippen LogP contribution in [-0.2, 0) is 14.8 Å². The molecule has 36 heavy (non-hydrogen) atoms. The summed E-state index contributed by atoms with van der Waals surface area (Å²) in [6, 6.07) is 7.96. The zero-order valence-corrected chi connectivity index (χ0v) is 22.1. The van der Waals surface area contributed by atoms with Crippen molar-refractivity contribution in [3.05, 3.63) is 58.5 Å². The van der Waals surface area contributed by atoms with Crippen LogP contribution in [0.1, 0.15) is 40.5 Å². The van der Waals surface area contributed by atoms with Crippen molar-refractivity contribution in [3.63, 3.8) is 0 Å². The summed E-state index contributed by atoms with van der Waals surface area (Å²) in [4.78, 5) is 30.7. The molecule has 1 aromatic carbocycles. The molecule has 0 radical (unpaired) electrons. The quantitative estimate of drug-likeness (QED) is 0.311. The number of ether oxygens (including phenoxy) is 1. The lowest BCUT2D eigenvalue weighted by atomic mass is 10.2. The van der Waals surface area contributed by atoms with Gasteiger partial charge in [-0.15, -0.1) is 11.3 Å². The lowest BCUT2D eigenvalue weighted by Crippen LogP contribution is -2.15. The van der Waals surface area contributed by atoms with E-state index in [9.17, 15) is 13.2 Å². The lowest BCUT2D eigenvalue weighted by molar-refractivity contribution is 0.0464. The molecule has 0 aliphatic rings. The van der Waals surface area contributed by atoms with Crippen molar-refractivity contribution in [1.29, 1.82) is 0 Å². The first-order valence-electron chi connectivity index (χ1n) is 11.2. The van der Waals surface area contributed by atoms with Gasteiger partial charge in [0.1, 0.15) is 21.9 Å². The summed E-state index contributed by atoms with van der Waals surface area (Å²) < 4.78 is 33.4. The first kappa shape index (κ1) is 25.5. The van der Waals surface area contributed by atoms with E-state index >= 15 is 0 Å². The highest BCUT2D eigenvalue weighted by Crippen LogP contribution is 2.35. The maximum atomic E-state index is 12.8. The van der Waals surface area contributed by atoms with Crippen LogP contribution in [0.15, 0.2) is 41.6 Å². The van der Waals surface area contributed by atoms with E-state index in [0.717, 1.165) is 5.56 Å². The highest BCUT2D eigenvalue weighted by Gasteiger charge is 2.21. The van der Waals surface area contributed by atoms with E-state index in [0.29, 0.717) is 44.6 Å². The average Bonchev–Trinajstić information content (AvgIpc) is 3.14. The molecule has 0 saturated heterocycles. The average molecular weight is 527 g/mol. The van der Waals surface area contributed by atoms with Crippen molar-refractivity contribution in [2.45, 2.75) is 39.5 Å². The van der Waals surface area contributed by atoms with Gasteiger partial charge < -0.3 is 10.1 Å². The number of benzene rings is 1. The molecule has 4 rings (SSSR count). The Hall–Kier alpha value is -3.64. The number of fused-ring (bicyclic) bond motifs is 1. The molecular weight excluding hydrogens is 500 g/mol. The van der Waals surface area contributed by atoms with Gasteiger partial charge in [-0.3, -0.25) is 0 Å². The van der Waals surface area contributed by atoms with Gasteiger partial charge in [-0.05, 0) is 62.6 Å². The molecule has 10 nitrogen and oxygen atoms in total. The zero-order chi connectivity index (χ0) is 26.0. The van der Waals surface area contributed by atoms with Gasteiger partial charge in [0.2, 0.25) is 5.95 Å². The minimum Gasteiger partial charge on any atom is -0.461 e. The Morgan fingerprint density at radius 1 is 1.06 bits per heavy atom. The molecule has 0 atom stereocenters. The topological polar surface area (TPSA) is 136 Å². The van der Waals surface area contributed by atoms with E-state index in [2.05, 4.69) is 30.0 Å². The minimum atomic E-state index is -3.87. The van der Waals surface area contributed by atoms with Crippen LogP contribution in [0.4, 0.5) is 17.5 Å². The fourth-order valence-electron chi connectivity index (χ4n) is 3.47. The fraction of sp³-hybridized carbons (Fsp3) is 0.292. The summed E-state index contributed by atoms with van der Waals surface area (Å²) in [5, 5.41) is 3.91. The molecule has 0 unspecified atom stereocenters. The van der Waals surface area contributed by atoms with Crippen molar-refractivity contribution < 1.29 is 17.9 Å². The Morgan fingerprint density at radius 3 is 2.36 bits per heavy atom. The van der Waals surface area contributed by atoms with Crippen molar-refractivity contribution in [2.24, 2.45) is 5.92 Å². The number of nitrogens with zero attached hydrogens (tertiary/aromatic N) is 4. The molecule has 0 fully saturated rings. The molecule has 0 aliphatic heterocycles. The summed E-state index contributed by atoms with van der Waals surface area (Å²) in [6.07, 6.45) is 1.41. The third-order valence-electron chi connectivity index (χ3n) is 5.10. The number of hydrogen-bond donors (Lipinski definition) is 2. The number of nitrogens with one attached hydrogen (secondary N) is 2. The van der Waals surface area contributed by atoms with Crippen LogP contribution in [0, 0.1) is 26.7 Å². The molecule has 3 aromatic heterocycles. The lowest BCUT2D eigenvalue weighted by Gasteiger charge is -2.10. The molecular formula is C24H26N6O4S2. The van der Waals surface area contributed by atoms with Crippen molar-refractivity contribution >= 4 is 55.0 Å². The normalized spacial score (nSPS) is 11.6. The second-order valence-electron chi connectivity index (χ2n) is 8.68. The van der Waals surface area contributed by atoms with Crippen LogP contribution >= 0.6 is 11.3 Å². The van der Waals surface area contributed by atoms with E-state index in [1.807, 2.05) is 20.8 Å². The summed E-state index contributed by atoms with van der Waals surface area (Å²) in [6.45, 7) is 9.65. The molecule has 0 bridgehead atoms. The van der Waals surface area contributed by atoms with Crippen LogP contribution in [-0.4, -0.2) is 40.9 Å². The Labute approximate surface area is 213 Å². The summed E-state index contributed by atoms with van der Waals surface area (Å²) >= 11 is 1.25. The largest absolute Gasteiger partial charge is 0.461 e.